The van der Waals surface area contributed by atoms with Gasteiger partial charge in [-0.15, -0.1) is 0 Å². The molecule has 0 aliphatic carbocycles. The van der Waals surface area contributed by atoms with Crippen LogP contribution in [0.2, 0.25) is 0 Å². The fourth-order valence-electron chi connectivity index (χ4n) is 2.82. The second kappa shape index (κ2) is 9.13. The van der Waals surface area contributed by atoms with Crippen molar-refractivity contribution in [3.8, 4) is 0 Å². The van der Waals surface area contributed by atoms with Crippen molar-refractivity contribution in [2.24, 2.45) is 0 Å². The summed E-state index contributed by atoms with van der Waals surface area (Å²) < 4.78 is 41.0. The Morgan fingerprint density at radius 2 is 1.70 bits per heavy atom. The third-order valence-electron chi connectivity index (χ3n) is 4.35. The van der Waals surface area contributed by atoms with Crippen LogP contribution in [0.15, 0.2) is 60.8 Å². The van der Waals surface area contributed by atoms with Crippen molar-refractivity contribution >= 4 is 23.1 Å². The molecule has 0 saturated carbocycles. The molecule has 158 valence electrons. The number of anilines is 4. The molecule has 0 unspecified atom stereocenters. The summed E-state index contributed by atoms with van der Waals surface area (Å²) in [6.45, 7) is 6.02. The first-order valence-electron chi connectivity index (χ1n) is 9.59. The van der Waals surface area contributed by atoms with Crippen LogP contribution in [0.3, 0.4) is 0 Å². The van der Waals surface area contributed by atoms with Gasteiger partial charge in [-0.1, -0.05) is 44.2 Å². The van der Waals surface area contributed by atoms with Crippen molar-refractivity contribution in [3.05, 3.63) is 71.9 Å². The van der Waals surface area contributed by atoms with Gasteiger partial charge in [0.25, 0.3) is 0 Å². The topological polar surface area (TPSA) is 50.3 Å². The fraction of sp³-hybridized carbons (Fsp3) is 0.273. The second-order valence-corrected chi connectivity index (χ2v) is 6.88. The normalized spacial score (nSPS) is 11.6. The third kappa shape index (κ3) is 5.07. The average Bonchev–Trinajstić information content (AvgIpc) is 2.72. The van der Waals surface area contributed by atoms with Crippen LogP contribution < -0.4 is 10.4 Å². The molecule has 3 aromatic rings. The van der Waals surface area contributed by atoms with Gasteiger partial charge in [-0.25, -0.2) is 10.0 Å². The molecule has 3 rings (SSSR count). The van der Waals surface area contributed by atoms with Crippen LogP contribution in [0.4, 0.5) is 36.3 Å². The van der Waals surface area contributed by atoms with Gasteiger partial charge in [-0.3, -0.25) is 4.84 Å². The molecular formula is C22H23F3N4O. The van der Waals surface area contributed by atoms with E-state index in [9.17, 15) is 13.2 Å². The SMILES string of the molecule is CCON(c1ccccc1)c1nc(Nc2ccc(C(C)C)cc2)ncc1C(F)(F)F. The van der Waals surface area contributed by atoms with Crippen molar-refractivity contribution in [2.45, 2.75) is 32.9 Å². The number of hydrogen-bond acceptors (Lipinski definition) is 5. The van der Waals surface area contributed by atoms with E-state index in [0.717, 1.165) is 16.8 Å². The number of benzene rings is 2. The molecule has 1 N–H and O–H groups in total. The van der Waals surface area contributed by atoms with Crippen LogP contribution in [0.5, 0.6) is 0 Å². The maximum absolute atomic E-state index is 13.7. The Balaban J connectivity index is 2.01. The Morgan fingerprint density at radius 1 is 1.03 bits per heavy atom. The molecule has 0 amide bonds. The van der Waals surface area contributed by atoms with Gasteiger partial charge in [0, 0.05) is 11.9 Å². The lowest BCUT2D eigenvalue weighted by Crippen LogP contribution is -2.23. The largest absolute Gasteiger partial charge is 0.421 e. The van der Waals surface area contributed by atoms with Crippen LogP contribution in [-0.2, 0) is 11.0 Å². The van der Waals surface area contributed by atoms with Gasteiger partial charge in [-0.05, 0) is 42.7 Å². The first-order chi connectivity index (χ1) is 14.3. The Hall–Kier alpha value is -3.13. The zero-order valence-corrected chi connectivity index (χ0v) is 16.9. The lowest BCUT2D eigenvalue weighted by Gasteiger charge is -2.25. The summed E-state index contributed by atoms with van der Waals surface area (Å²) in [5, 5.41) is 4.05. The zero-order chi connectivity index (χ0) is 21.7. The number of alkyl halides is 3. The molecule has 0 spiro atoms. The van der Waals surface area contributed by atoms with Gasteiger partial charge < -0.3 is 5.32 Å². The van der Waals surface area contributed by atoms with Crippen LogP contribution in [0.1, 0.15) is 37.8 Å². The number of nitrogens with zero attached hydrogens (tertiary/aromatic N) is 3. The number of hydrogen-bond donors (Lipinski definition) is 1. The molecule has 0 saturated heterocycles. The molecule has 0 radical (unpaired) electrons. The van der Waals surface area contributed by atoms with Crippen LogP contribution in [0.25, 0.3) is 0 Å². The minimum absolute atomic E-state index is 0.0379. The zero-order valence-electron chi connectivity index (χ0n) is 16.9. The molecule has 0 atom stereocenters. The Kier molecular flexibility index (Phi) is 6.56. The van der Waals surface area contributed by atoms with Gasteiger partial charge in [-0.2, -0.15) is 18.2 Å². The summed E-state index contributed by atoms with van der Waals surface area (Å²) in [5.74, 6) is 0.0291. The number of para-hydroxylation sites is 1. The predicted octanol–water partition coefficient (Wildman–Crippen LogP) is 6.45. The number of rotatable bonds is 7. The minimum Gasteiger partial charge on any atom is -0.324 e. The molecular weight excluding hydrogens is 393 g/mol. The van der Waals surface area contributed by atoms with E-state index in [1.807, 2.05) is 24.3 Å². The van der Waals surface area contributed by atoms with E-state index in [-0.39, 0.29) is 18.4 Å². The summed E-state index contributed by atoms with van der Waals surface area (Å²) in [7, 11) is 0. The molecule has 5 nitrogen and oxygen atoms in total. The van der Waals surface area contributed by atoms with E-state index in [2.05, 4.69) is 29.1 Å². The van der Waals surface area contributed by atoms with Crippen molar-refractivity contribution in [1.82, 2.24) is 9.97 Å². The van der Waals surface area contributed by atoms with Crippen molar-refractivity contribution < 1.29 is 18.0 Å². The van der Waals surface area contributed by atoms with Crippen molar-refractivity contribution in [3.63, 3.8) is 0 Å². The van der Waals surface area contributed by atoms with Crippen LogP contribution in [0, 0.1) is 0 Å². The highest BCUT2D eigenvalue weighted by Crippen LogP contribution is 2.38. The highest BCUT2D eigenvalue weighted by molar-refractivity contribution is 5.63. The van der Waals surface area contributed by atoms with Crippen molar-refractivity contribution in [1.29, 1.82) is 0 Å². The maximum atomic E-state index is 13.7. The average molecular weight is 416 g/mol. The molecule has 0 aliphatic heterocycles. The number of nitrogens with one attached hydrogen (secondary N) is 1. The third-order valence-corrected chi connectivity index (χ3v) is 4.35. The van der Waals surface area contributed by atoms with Gasteiger partial charge in [0.05, 0.1) is 12.3 Å². The predicted molar refractivity (Wildman–Crippen MR) is 111 cm³/mol. The van der Waals surface area contributed by atoms with E-state index < -0.39 is 11.7 Å². The van der Waals surface area contributed by atoms with Gasteiger partial charge in [0.2, 0.25) is 5.95 Å². The Bertz CT molecular complexity index is 960. The molecule has 1 heterocycles. The molecule has 0 fully saturated rings. The van der Waals surface area contributed by atoms with Gasteiger partial charge in [0.15, 0.2) is 5.82 Å². The molecule has 30 heavy (non-hydrogen) atoms. The molecule has 0 bridgehead atoms. The Morgan fingerprint density at radius 3 is 2.27 bits per heavy atom. The van der Waals surface area contributed by atoms with E-state index in [1.54, 1.807) is 37.3 Å². The summed E-state index contributed by atoms with van der Waals surface area (Å²) in [5.41, 5.74) is 1.27. The first-order valence-corrected chi connectivity index (χ1v) is 9.59. The summed E-state index contributed by atoms with van der Waals surface area (Å²) in [6.07, 6.45) is -3.88. The summed E-state index contributed by atoms with van der Waals surface area (Å²) >= 11 is 0. The van der Waals surface area contributed by atoms with Crippen molar-refractivity contribution in [2.75, 3.05) is 17.0 Å². The smallest absolute Gasteiger partial charge is 0.324 e. The van der Waals surface area contributed by atoms with E-state index in [0.29, 0.717) is 17.3 Å². The van der Waals surface area contributed by atoms with Crippen LogP contribution in [-0.4, -0.2) is 16.6 Å². The first kappa shape index (κ1) is 21.6. The summed E-state index contributed by atoms with van der Waals surface area (Å²) in [6, 6.07) is 16.1. The fourth-order valence-corrected chi connectivity index (χ4v) is 2.82. The van der Waals surface area contributed by atoms with E-state index in [4.69, 9.17) is 4.84 Å². The van der Waals surface area contributed by atoms with E-state index in [1.165, 1.54) is 0 Å². The Labute approximate surface area is 173 Å². The quantitative estimate of drug-likeness (QED) is 0.449. The lowest BCUT2D eigenvalue weighted by atomic mass is 10.0. The van der Waals surface area contributed by atoms with Crippen LogP contribution >= 0.6 is 0 Å². The minimum atomic E-state index is -4.64. The molecule has 1 aromatic heterocycles. The van der Waals surface area contributed by atoms with E-state index >= 15 is 0 Å². The monoisotopic (exact) mass is 416 g/mol. The molecule has 0 aliphatic rings. The lowest BCUT2D eigenvalue weighted by molar-refractivity contribution is -0.138. The highest BCUT2D eigenvalue weighted by atomic mass is 19.4. The highest BCUT2D eigenvalue weighted by Gasteiger charge is 2.37. The maximum Gasteiger partial charge on any atom is 0.421 e. The van der Waals surface area contributed by atoms with Gasteiger partial charge in [0.1, 0.15) is 5.56 Å². The summed E-state index contributed by atoms with van der Waals surface area (Å²) in [4.78, 5) is 13.5. The number of halogens is 3. The van der Waals surface area contributed by atoms with Gasteiger partial charge >= 0.3 is 6.18 Å². The molecule has 2 aromatic carbocycles. The second-order valence-electron chi connectivity index (χ2n) is 6.88. The number of aromatic nitrogens is 2. The standard InChI is InChI=1S/C22H23F3N4O/c1-4-30-29(18-8-6-5-7-9-18)20-19(22(23,24)25)14-26-21(28-20)27-17-12-10-16(11-13-17)15(2)3/h5-15H,4H2,1-3H3,(H,26,27,28). The molecule has 8 heteroatoms.